The maximum Gasteiger partial charge on any atom is 0.123 e. The van der Waals surface area contributed by atoms with Gasteiger partial charge in [0.15, 0.2) is 0 Å². The number of fused-ring (bicyclic) bond motifs is 5. The fourth-order valence-corrected chi connectivity index (χ4v) is 9.78. The van der Waals surface area contributed by atoms with Gasteiger partial charge in [0, 0.05) is 34.8 Å². The highest BCUT2D eigenvalue weighted by atomic mass is 15.4. The molecule has 41 heavy (non-hydrogen) atoms. The van der Waals surface area contributed by atoms with Gasteiger partial charge in [0.2, 0.25) is 0 Å². The summed E-state index contributed by atoms with van der Waals surface area (Å²) in [6.45, 7) is 1.28. The number of piperidine rings is 1. The molecule has 0 bridgehead atoms. The van der Waals surface area contributed by atoms with Gasteiger partial charge in [0.05, 0.1) is 35.9 Å². The van der Waals surface area contributed by atoms with E-state index < -0.39 is 0 Å². The van der Waals surface area contributed by atoms with E-state index in [1.165, 1.54) is 84.9 Å². The lowest BCUT2D eigenvalue weighted by molar-refractivity contribution is 0.345. The van der Waals surface area contributed by atoms with Crippen molar-refractivity contribution in [2.24, 2.45) is 5.92 Å². The Hall–Kier alpha value is -3.26. The SMILES string of the molecule is CNC12CCCC1NC(c1ncc(-c3ccc4c(c3)-c3ccc(-c5cnc(C6CC7CCCC78CN68)[nH]5)cc3-4)[nH]1)C2. The predicted molar refractivity (Wildman–Crippen MR) is 160 cm³/mol. The highest BCUT2D eigenvalue weighted by Gasteiger charge is 2.67. The maximum atomic E-state index is 4.88. The molecule has 5 fully saturated rings. The first-order chi connectivity index (χ1) is 20.1. The van der Waals surface area contributed by atoms with Gasteiger partial charge in [0.1, 0.15) is 11.6 Å². The molecule has 2 aromatic heterocycles. The minimum absolute atomic E-state index is 0.223. The molecular formula is C34H37N7. The van der Waals surface area contributed by atoms with Crippen LogP contribution < -0.4 is 10.6 Å². The van der Waals surface area contributed by atoms with E-state index in [1.54, 1.807) is 0 Å². The Morgan fingerprint density at radius 3 is 2.27 bits per heavy atom. The van der Waals surface area contributed by atoms with Gasteiger partial charge in [-0.25, -0.2) is 9.97 Å². The second-order valence-electron chi connectivity index (χ2n) is 13.7. The van der Waals surface area contributed by atoms with Gasteiger partial charge in [-0.2, -0.15) is 0 Å². The number of aromatic amines is 2. The monoisotopic (exact) mass is 543 g/mol. The Morgan fingerprint density at radius 1 is 0.854 bits per heavy atom. The number of hydrogen-bond acceptors (Lipinski definition) is 5. The second kappa shape index (κ2) is 7.97. The second-order valence-corrected chi connectivity index (χ2v) is 13.7. The molecule has 3 saturated heterocycles. The number of aromatic nitrogens is 4. The average molecular weight is 544 g/mol. The van der Waals surface area contributed by atoms with Crippen LogP contribution in [0, 0.1) is 5.92 Å². The van der Waals surface area contributed by atoms with Crippen LogP contribution in [0.25, 0.3) is 44.8 Å². The van der Waals surface area contributed by atoms with Crippen LogP contribution in [-0.2, 0) is 0 Å². The molecule has 208 valence electrons. The molecule has 0 radical (unpaired) electrons. The predicted octanol–water partition coefficient (Wildman–Crippen LogP) is 5.96. The molecular weight excluding hydrogens is 506 g/mol. The third-order valence-electron chi connectivity index (χ3n) is 12.0. The van der Waals surface area contributed by atoms with Crippen LogP contribution in [-0.4, -0.2) is 55.5 Å². The van der Waals surface area contributed by atoms with Crippen molar-refractivity contribution in [1.82, 2.24) is 35.5 Å². The first-order valence-corrected chi connectivity index (χ1v) is 15.8. The van der Waals surface area contributed by atoms with E-state index in [-0.39, 0.29) is 11.6 Å². The number of benzene rings is 2. The lowest BCUT2D eigenvalue weighted by Gasteiger charge is -2.27. The fourth-order valence-electron chi connectivity index (χ4n) is 9.78. The largest absolute Gasteiger partial charge is 0.341 e. The molecule has 0 amide bonds. The van der Waals surface area contributed by atoms with Crippen molar-refractivity contribution >= 4 is 0 Å². The highest BCUT2D eigenvalue weighted by molar-refractivity contribution is 6.04. The van der Waals surface area contributed by atoms with Gasteiger partial charge < -0.3 is 20.6 Å². The summed E-state index contributed by atoms with van der Waals surface area (Å²) in [6, 6.07) is 15.0. The smallest absolute Gasteiger partial charge is 0.123 e. The third-order valence-corrected chi connectivity index (χ3v) is 12.0. The molecule has 7 nitrogen and oxygen atoms in total. The molecule has 5 heterocycles. The zero-order valence-electron chi connectivity index (χ0n) is 23.6. The van der Waals surface area contributed by atoms with Crippen LogP contribution in [0.4, 0.5) is 0 Å². The maximum absolute atomic E-state index is 4.88. The average Bonchev–Trinajstić information content (AvgIpc) is 3.67. The topological polar surface area (TPSA) is 84.4 Å². The van der Waals surface area contributed by atoms with Gasteiger partial charge in [-0.3, -0.25) is 4.90 Å². The molecule has 7 atom stereocenters. The lowest BCUT2D eigenvalue weighted by atomic mass is 9.78. The Kier molecular flexibility index (Phi) is 4.53. The summed E-state index contributed by atoms with van der Waals surface area (Å²) >= 11 is 0. The highest BCUT2D eigenvalue weighted by Crippen LogP contribution is 2.63. The standard InChI is InChI=1S/C34H37N7/c1-35-33-10-3-5-30(33)38-26(15-33)31-36-16-27(39-31)19-6-8-22-24(12-19)23-9-7-20(13-25(22)23)28-17-37-32(40-28)29-14-21-4-2-11-34(21)18-41(29)34/h6-9,12-13,16-17,21,26,29-30,35,38H,2-5,10-11,14-15,18H2,1H3,(H,36,39)(H,37,40). The summed E-state index contributed by atoms with van der Waals surface area (Å²) in [6.07, 6.45) is 14.4. The van der Waals surface area contributed by atoms with Gasteiger partial charge in [-0.1, -0.05) is 30.7 Å². The van der Waals surface area contributed by atoms with E-state index in [0.29, 0.717) is 17.6 Å². The molecule has 10 rings (SSSR count). The summed E-state index contributed by atoms with van der Waals surface area (Å²) in [5.74, 6) is 3.11. The van der Waals surface area contributed by atoms with Gasteiger partial charge in [-0.05, 0) is 92.3 Å². The number of likely N-dealkylation sites (N-methyl/N-ethyl adjacent to an activating group) is 1. The Bertz CT molecular complexity index is 1720. The van der Waals surface area contributed by atoms with Crippen LogP contribution >= 0.6 is 0 Å². The van der Waals surface area contributed by atoms with E-state index in [1.807, 2.05) is 12.4 Å². The molecule has 2 aromatic carbocycles. The molecule has 2 saturated carbocycles. The quantitative estimate of drug-likeness (QED) is 0.206. The van der Waals surface area contributed by atoms with Crippen LogP contribution in [0.3, 0.4) is 0 Å². The molecule has 1 spiro atoms. The molecule has 3 aliphatic carbocycles. The van der Waals surface area contributed by atoms with Crippen molar-refractivity contribution < 1.29 is 0 Å². The molecule has 7 unspecified atom stereocenters. The zero-order valence-corrected chi connectivity index (χ0v) is 23.6. The van der Waals surface area contributed by atoms with E-state index in [2.05, 4.69) is 68.9 Å². The molecule has 6 aliphatic rings. The van der Waals surface area contributed by atoms with Crippen LogP contribution in [0.5, 0.6) is 0 Å². The van der Waals surface area contributed by atoms with E-state index in [4.69, 9.17) is 9.97 Å². The van der Waals surface area contributed by atoms with Gasteiger partial charge >= 0.3 is 0 Å². The summed E-state index contributed by atoms with van der Waals surface area (Å²) in [5, 5.41) is 7.49. The molecule has 3 aliphatic heterocycles. The fraction of sp³-hybridized carbons (Fsp3) is 0.471. The van der Waals surface area contributed by atoms with E-state index >= 15 is 0 Å². The summed E-state index contributed by atoms with van der Waals surface area (Å²) in [5.41, 5.74) is 10.8. The number of nitrogens with zero attached hydrogens (tertiary/aromatic N) is 3. The first kappa shape index (κ1) is 23.3. The van der Waals surface area contributed by atoms with Crippen molar-refractivity contribution in [2.75, 3.05) is 13.6 Å². The number of hydrogen-bond donors (Lipinski definition) is 4. The number of H-pyrrole nitrogens is 2. The van der Waals surface area contributed by atoms with Gasteiger partial charge in [-0.15, -0.1) is 0 Å². The van der Waals surface area contributed by atoms with Crippen molar-refractivity contribution in [2.45, 2.75) is 80.6 Å². The van der Waals surface area contributed by atoms with Crippen LogP contribution in [0.15, 0.2) is 48.8 Å². The lowest BCUT2D eigenvalue weighted by Crippen LogP contribution is -2.48. The van der Waals surface area contributed by atoms with Crippen LogP contribution in [0.1, 0.15) is 75.1 Å². The van der Waals surface area contributed by atoms with Crippen molar-refractivity contribution in [1.29, 1.82) is 0 Å². The van der Waals surface area contributed by atoms with Crippen molar-refractivity contribution in [3.8, 4) is 44.8 Å². The molecule has 4 aromatic rings. The third kappa shape index (κ3) is 3.09. The Balaban J connectivity index is 0.882. The number of rotatable bonds is 5. The van der Waals surface area contributed by atoms with Crippen molar-refractivity contribution in [3.63, 3.8) is 0 Å². The first-order valence-electron chi connectivity index (χ1n) is 15.8. The van der Waals surface area contributed by atoms with E-state index in [9.17, 15) is 0 Å². The van der Waals surface area contributed by atoms with Gasteiger partial charge in [0.25, 0.3) is 0 Å². The summed E-state index contributed by atoms with van der Waals surface area (Å²) in [7, 11) is 2.12. The van der Waals surface area contributed by atoms with E-state index in [0.717, 1.165) is 35.4 Å². The zero-order chi connectivity index (χ0) is 26.9. The Labute approximate surface area is 240 Å². The minimum atomic E-state index is 0.223. The molecule has 4 N–H and O–H groups in total. The Morgan fingerprint density at radius 2 is 1.56 bits per heavy atom. The number of nitrogens with one attached hydrogen (secondary N) is 4. The number of imidazole rings is 2. The summed E-state index contributed by atoms with van der Waals surface area (Å²) in [4.78, 5) is 19.8. The van der Waals surface area contributed by atoms with Crippen LogP contribution in [0.2, 0.25) is 0 Å². The van der Waals surface area contributed by atoms with Crippen molar-refractivity contribution in [3.05, 3.63) is 60.4 Å². The minimum Gasteiger partial charge on any atom is -0.341 e. The molecule has 7 heteroatoms. The normalized spacial score (nSPS) is 35.5. The summed E-state index contributed by atoms with van der Waals surface area (Å²) < 4.78 is 0.